The Morgan fingerprint density at radius 3 is 2.79 bits per heavy atom. The van der Waals surface area contributed by atoms with Crippen LogP contribution in [0, 0.1) is 20.8 Å². The van der Waals surface area contributed by atoms with Gasteiger partial charge in [0.05, 0.1) is 12.3 Å². The van der Waals surface area contributed by atoms with Crippen LogP contribution >= 0.6 is 0 Å². The van der Waals surface area contributed by atoms with Gasteiger partial charge in [-0.1, -0.05) is 12.1 Å². The van der Waals surface area contributed by atoms with E-state index in [-0.39, 0.29) is 24.8 Å². The minimum Gasteiger partial charge on any atom is -0.505 e. The molecule has 2 rings (SSSR count). The third kappa shape index (κ3) is 3.97. The molecule has 3 N–H and O–H groups in total. The van der Waals surface area contributed by atoms with Crippen molar-refractivity contribution in [2.24, 2.45) is 4.99 Å². The lowest BCUT2D eigenvalue weighted by Crippen LogP contribution is -2.16. The second kappa shape index (κ2) is 7.70. The molecule has 1 aromatic carbocycles. The summed E-state index contributed by atoms with van der Waals surface area (Å²) in [6.45, 7) is 5.23. The van der Waals surface area contributed by atoms with Crippen molar-refractivity contribution < 1.29 is 15.0 Å². The van der Waals surface area contributed by atoms with E-state index in [9.17, 15) is 15.0 Å². The van der Waals surface area contributed by atoms with Crippen molar-refractivity contribution in [1.82, 2.24) is 4.98 Å². The van der Waals surface area contributed by atoms with Crippen LogP contribution in [0.4, 0.5) is 5.69 Å². The van der Waals surface area contributed by atoms with Crippen LogP contribution in [-0.2, 0) is 11.4 Å². The summed E-state index contributed by atoms with van der Waals surface area (Å²) in [5.41, 5.74) is 4.14. The molecule has 0 radical (unpaired) electrons. The quantitative estimate of drug-likeness (QED) is 0.734. The molecule has 1 aromatic heterocycles. The monoisotopic (exact) mass is 327 g/mol. The third-order valence-corrected chi connectivity index (χ3v) is 3.86. The van der Waals surface area contributed by atoms with Gasteiger partial charge in [0.15, 0.2) is 0 Å². The predicted molar refractivity (Wildman–Crippen MR) is 93.6 cm³/mol. The number of hydrogen-bond donors (Lipinski definition) is 3. The van der Waals surface area contributed by atoms with E-state index >= 15 is 0 Å². The number of aromatic nitrogens is 1. The third-order valence-electron chi connectivity index (χ3n) is 3.86. The summed E-state index contributed by atoms with van der Waals surface area (Å²) in [7, 11) is 0. The van der Waals surface area contributed by atoms with E-state index < -0.39 is 0 Å². The molecule has 6 heteroatoms. The Bertz CT molecular complexity index is 785. The van der Waals surface area contributed by atoms with E-state index in [0.717, 1.165) is 16.8 Å². The van der Waals surface area contributed by atoms with Gasteiger partial charge >= 0.3 is 0 Å². The van der Waals surface area contributed by atoms with E-state index in [1.54, 1.807) is 6.92 Å². The summed E-state index contributed by atoms with van der Waals surface area (Å²) in [6.07, 6.45) is 2.87. The number of nitrogens with one attached hydrogen (secondary N) is 1. The average Bonchev–Trinajstić information content (AvgIpc) is 2.56. The fourth-order valence-electron chi connectivity index (χ4n) is 2.22. The molecule has 1 heterocycles. The molecule has 126 valence electrons. The number of pyridine rings is 1. The van der Waals surface area contributed by atoms with Crippen LogP contribution in [0.1, 0.15) is 27.9 Å². The van der Waals surface area contributed by atoms with Crippen LogP contribution in [-0.4, -0.2) is 33.9 Å². The largest absolute Gasteiger partial charge is 0.505 e. The Labute approximate surface area is 140 Å². The van der Waals surface area contributed by atoms with Gasteiger partial charge in [0.2, 0.25) is 5.91 Å². The smallest absolute Gasteiger partial charge is 0.246 e. The summed E-state index contributed by atoms with van der Waals surface area (Å²) in [5.74, 6) is -0.295. The van der Waals surface area contributed by atoms with Gasteiger partial charge in [-0.3, -0.25) is 14.8 Å². The minimum absolute atomic E-state index is 0.0414. The molecule has 0 saturated carbocycles. The highest BCUT2D eigenvalue weighted by Gasteiger charge is 2.10. The highest BCUT2D eigenvalue weighted by molar-refractivity contribution is 5.95. The van der Waals surface area contributed by atoms with Gasteiger partial charge in [0, 0.05) is 29.2 Å². The number of aliphatic imine (C=N–C) groups is 1. The second-order valence-corrected chi connectivity index (χ2v) is 5.55. The fourth-order valence-corrected chi connectivity index (χ4v) is 2.22. The number of anilines is 1. The summed E-state index contributed by atoms with van der Waals surface area (Å²) in [5, 5.41) is 22.1. The molecule has 0 aliphatic carbocycles. The second-order valence-electron chi connectivity index (χ2n) is 5.55. The molecule has 2 aromatic rings. The van der Waals surface area contributed by atoms with Gasteiger partial charge in [0.1, 0.15) is 12.3 Å². The van der Waals surface area contributed by atoms with E-state index in [0.29, 0.717) is 16.8 Å². The molecular weight excluding hydrogens is 306 g/mol. The fraction of sp³-hybridized carbons (Fsp3) is 0.278. The predicted octanol–water partition coefficient (Wildman–Crippen LogP) is 2.26. The van der Waals surface area contributed by atoms with Gasteiger partial charge in [-0.15, -0.1) is 0 Å². The van der Waals surface area contributed by atoms with Crippen LogP contribution in [0.3, 0.4) is 0 Å². The van der Waals surface area contributed by atoms with Gasteiger partial charge in [-0.25, -0.2) is 0 Å². The number of carbonyl (C=O) groups excluding carboxylic acids is 1. The Morgan fingerprint density at radius 2 is 2.08 bits per heavy atom. The molecule has 1 amide bonds. The zero-order valence-corrected chi connectivity index (χ0v) is 14.0. The van der Waals surface area contributed by atoms with Gasteiger partial charge in [0.25, 0.3) is 0 Å². The molecule has 0 fully saturated rings. The zero-order valence-electron chi connectivity index (χ0n) is 14.0. The van der Waals surface area contributed by atoms with E-state index in [1.807, 2.05) is 32.0 Å². The van der Waals surface area contributed by atoms with E-state index in [4.69, 9.17) is 0 Å². The molecule has 6 nitrogen and oxygen atoms in total. The maximum Gasteiger partial charge on any atom is 0.246 e. The number of carbonyl (C=O) groups is 1. The van der Waals surface area contributed by atoms with Crippen LogP contribution < -0.4 is 5.32 Å². The number of aliphatic hydroxyl groups excluding tert-OH is 1. The standard InChI is InChI=1S/C18H21N3O3/c1-11-5-4-6-16(12(11)2)21-17(23)9-19-8-15-14(10-22)7-20-13(3)18(15)24/h4-8,22,24H,9-10H2,1-3H3,(H,21,23). The highest BCUT2D eigenvalue weighted by Crippen LogP contribution is 2.22. The molecular formula is C18H21N3O3. The first kappa shape index (κ1) is 17.6. The first-order valence-electron chi connectivity index (χ1n) is 7.58. The van der Waals surface area contributed by atoms with Crippen LogP contribution in [0.25, 0.3) is 0 Å². The average molecular weight is 327 g/mol. The Kier molecular flexibility index (Phi) is 5.65. The highest BCUT2D eigenvalue weighted by atomic mass is 16.3. The normalized spacial score (nSPS) is 11.0. The lowest BCUT2D eigenvalue weighted by Gasteiger charge is -2.09. The van der Waals surface area contributed by atoms with E-state index in [2.05, 4.69) is 15.3 Å². The summed E-state index contributed by atoms with van der Waals surface area (Å²) < 4.78 is 0. The molecule has 0 atom stereocenters. The Balaban J connectivity index is 2.08. The molecule has 0 aliphatic rings. The molecule has 24 heavy (non-hydrogen) atoms. The first-order chi connectivity index (χ1) is 11.4. The topological polar surface area (TPSA) is 94.8 Å². The van der Waals surface area contributed by atoms with Gasteiger partial charge < -0.3 is 15.5 Å². The number of aryl methyl sites for hydroxylation is 2. The van der Waals surface area contributed by atoms with Crippen molar-refractivity contribution in [3.8, 4) is 5.75 Å². The van der Waals surface area contributed by atoms with Crippen molar-refractivity contribution in [2.75, 3.05) is 11.9 Å². The van der Waals surface area contributed by atoms with Crippen molar-refractivity contribution >= 4 is 17.8 Å². The lowest BCUT2D eigenvalue weighted by molar-refractivity contribution is -0.114. The summed E-state index contributed by atoms with van der Waals surface area (Å²) in [4.78, 5) is 20.1. The molecule has 0 aliphatic heterocycles. The number of hydrogen-bond acceptors (Lipinski definition) is 5. The van der Waals surface area contributed by atoms with Crippen LogP contribution in [0.15, 0.2) is 29.4 Å². The van der Waals surface area contributed by atoms with Crippen molar-refractivity contribution in [1.29, 1.82) is 0 Å². The van der Waals surface area contributed by atoms with Crippen molar-refractivity contribution in [3.63, 3.8) is 0 Å². The molecule has 0 bridgehead atoms. The van der Waals surface area contributed by atoms with Gasteiger partial charge in [-0.2, -0.15) is 0 Å². The summed E-state index contributed by atoms with van der Waals surface area (Å²) in [6, 6.07) is 5.70. The van der Waals surface area contributed by atoms with Crippen molar-refractivity contribution in [2.45, 2.75) is 27.4 Å². The molecule has 0 spiro atoms. The maximum absolute atomic E-state index is 12.0. The zero-order chi connectivity index (χ0) is 17.7. The number of aromatic hydroxyl groups is 1. The minimum atomic E-state index is -0.267. The van der Waals surface area contributed by atoms with E-state index in [1.165, 1.54) is 12.4 Å². The van der Waals surface area contributed by atoms with Gasteiger partial charge in [-0.05, 0) is 38.0 Å². The molecule has 0 unspecified atom stereocenters. The summed E-state index contributed by atoms with van der Waals surface area (Å²) >= 11 is 0. The van der Waals surface area contributed by atoms with Crippen LogP contribution in [0.2, 0.25) is 0 Å². The Hall–Kier alpha value is -2.73. The number of aliphatic hydroxyl groups is 1. The number of nitrogens with zero attached hydrogens (tertiary/aromatic N) is 2. The van der Waals surface area contributed by atoms with Crippen LogP contribution in [0.5, 0.6) is 5.75 Å². The number of benzene rings is 1. The number of amides is 1. The molecule has 0 saturated heterocycles. The first-order valence-corrected chi connectivity index (χ1v) is 7.58. The van der Waals surface area contributed by atoms with Crippen molar-refractivity contribution in [3.05, 3.63) is 52.3 Å². The SMILES string of the molecule is Cc1cccc(NC(=O)CN=Cc2c(CO)cnc(C)c2O)c1C. The Morgan fingerprint density at radius 1 is 1.33 bits per heavy atom. The maximum atomic E-state index is 12.0. The lowest BCUT2D eigenvalue weighted by atomic mass is 10.1. The number of rotatable bonds is 5.